The van der Waals surface area contributed by atoms with Crippen LogP contribution >= 0.6 is 0 Å². The third-order valence-electron chi connectivity index (χ3n) is 6.61. The molecule has 1 amide bonds. The number of nitrogens with one attached hydrogen (secondary N) is 2. The van der Waals surface area contributed by atoms with Crippen molar-refractivity contribution in [3.63, 3.8) is 0 Å². The zero-order valence-electron chi connectivity index (χ0n) is 19.3. The molecule has 0 atom stereocenters. The zero-order chi connectivity index (χ0) is 24.0. The smallest absolute Gasteiger partial charge is 0.268 e. The van der Waals surface area contributed by atoms with E-state index in [1.54, 1.807) is 24.7 Å². The van der Waals surface area contributed by atoms with Crippen molar-refractivity contribution in [2.45, 2.75) is 38.3 Å². The molecule has 0 aliphatic carbocycles. The number of nitrogens with zero attached hydrogens (tertiary/aromatic N) is 4. The van der Waals surface area contributed by atoms with Crippen molar-refractivity contribution >= 4 is 26.8 Å². The lowest BCUT2D eigenvalue weighted by atomic mass is 10.1. The summed E-state index contributed by atoms with van der Waals surface area (Å²) < 4.78 is 30.1. The van der Waals surface area contributed by atoms with Crippen molar-refractivity contribution < 1.29 is 13.2 Å². The Hall–Kier alpha value is -3.50. The molecule has 0 saturated heterocycles. The normalized spacial score (nSPS) is 14.3. The van der Waals surface area contributed by atoms with E-state index in [9.17, 15) is 13.2 Å². The number of carbonyl (C=O) groups is 1. The van der Waals surface area contributed by atoms with Crippen LogP contribution in [0.2, 0.25) is 0 Å². The summed E-state index contributed by atoms with van der Waals surface area (Å²) in [6, 6.07) is 11.1. The molecule has 0 saturated carbocycles. The van der Waals surface area contributed by atoms with Crippen molar-refractivity contribution in [3.05, 3.63) is 76.5 Å². The third-order valence-corrected chi connectivity index (χ3v) is 8.57. The Balaban J connectivity index is 1.39. The Bertz CT molecular complexity index is 1510. The van der Waals surface area contributed by atoms with Gasteiger partial charge in [0.05, 0.1) is 11.2 Å². The summed E-state index contributed by atoms with van der Waals surface area (Å²) in [6.07, 6.45) is 2.29. The number of benzene rings is 1. The van der Waals surface area contributed by atoms with Crippen LogP contribution in [0.1, 0.15) is 38.7 Å². The maximum atomic E-state index is 13.5. The first-order valence-electron chi connectivity index (χ1n) is 11.1. The number of sulfonamides is 1. The molecule has 0 unspecified atom stereocenters. The summed E-state index contributed by atoms with van der Waals surface area (Å²) in [5, 5.41) is 11.1. The predicted octanol–water partition coefficient (Wildman–Crippen LogP) is 2.59. The standard InChI is InChI=1S/C24H26N6O3S/c1-15-19-14-30(11-9-21(19)28-27-15)34(32,33)23-12-22(29(3)16(23)2)24(31)26-13-17-6-4-8-20-18(17)7-5-10-25-20/h4-8,10,12H,9,11,13-14H2,1-3H3,(H,26,31)(H,27,28). The quantitative estimate of drug-likeness (QED) is 0.458. The van der Waals surface area contributed by atoms with Crippen molar-refractivity contribution in [2.75, 3.05) is 6.54 Å². The fourth-order valence-corrected chi connectivity index (χ4v) is 6.17. The van der Waals surface area contributed by atoms with Gasteiger partial charge in [-0.3, -0.25) is 14.9 Å². The summed E-state index contributed by atoms with van der Waals surface area (Å²) in [5.74, 6) is -0.334. The fourth-order valence-electron chi connectivity index (χ4n) is 4.49. The van der Waals surface area contributed by atoms with E-state index < -0.39 is 10.0 Å². The Labute approximate surface area is 197 Å². The third kappa shape index (κ3) is 3.68. The van der Waals surface area contributed by atoms with Crippen molar-refractivity contribution in [3.8, 4) is 0 Å². The molecule has 0 spiro atoms. The average molecular weight is 479 g/mol. The first-order valence-corrected chi connectivity index (χ1v) is 12.5. The van der Waals surface area contributed by atoms with Crippen molar-refractivity contribution in [2.24, 2.45) is 7.05 Å². The maximum absolute atomic E-state index is 13.5. The molecule has 0 radical (unpaired) electrons. The summed E-state index contributed by atoms with van der Waals surface area (Å²) in [4.78, 5) is 17.6. The van der Waals surface area contributed by atoms with E-state index in [2.05, 4.69) is 20.5 Å². The van der Waals surface area contributed by atoms with Crippen LogP contribution in [0.25, 0.3) is 10.9 Å². The van der Waals surface area contributed by atoms with Crippen molar-refractivity contribution in [1.29, 1.82) is 0 Å². The van der Waals surface area contributed by atoms with Crippen LogP contribution in [0.5, 0.6) is 0 Å². The van der Waals surface area contributed by atoms with E-state index in [1.165, 1.54) is 10.4 Å². The van der Waals surface area contributed by atoms with Gasteiger partial charge < -0.3 is 9.88 Å². The van der Waals surface area contributed by atoms with Crippen molar-refractivity contribution in [1.82, 2.24) is 29.4 Å². The molecule has 1 aliphatic heterocycles. The number of rotatable bonds is 5. The summed E-state index contributed by atoms with van der Waals surface area (Å²) >= 11 is 0. The summed E-state index contributed by atoms with van der Waals surface area (Å²) in [5.41, 5.74) is 5.33. The van der Waals surface area contributed by atoms with Gasteiger partial charge in [0.1, 0.15) is 10.6 Å². The number of hydrogen-bond acceptors (Lipinski definition) is 5. The van der Waals surface area contributed by atoms with Gasteiger partial charge in [-0.15, -0.1) is 0 Å². The highest BCUT2D eigenvalue weighted by atomic mass is 32.2. The van der Waals surface area contributed by atoms with Gasteiger partial charge in [0, 0.05) is 61.6 Å². The molecule has 4 aromatic rings. The van der Waals surface area contributed by atoms with E-state index in [0.29, 0.717) is 30.9 Å². The predicted molar refractivity (Wildman–Crippen MR) is 128 cm³/mol. The first kappa shape index (κ1) is 22.3. The van der Waals surface area contributed by atoms with Crippen LogP contribution < -0.4 is 5.32 Å². The number of amides is 1. The molecule has 3 aromatic heterocycles. The minimum Gasteiger partial charge on any atom is -0.347 e. The first-order chi connectivity index (χ1) is 16.3. The van der Waals surface area contributed by atoms with Gasteiger partial charge in [-0.25, -0.2) is 8.42 Å². The number of fused-ring (bicyclic) bond motifs is 2. The number of hydrogen-bond donors (Lipinski definition) is 2. The molecule has 10 heteroatoms. The number of carbonyl (C=O) groups excluding carboxylic acids is 1. The highest BCUT2D eigenvalue weighted by molar-refractivity contribution is 7.89. The lowest BCUT2D eigenvalue weighted by molar-refractivity contribution is 0.0942. The highest BCUT2D eigenvalue weighted by Gasteiger charge is 2.33. The van der Waals surface area contributed by atoms with Crippen LogP contribution in [-0.2, 0) is 36.6 Å². The lowest BCUT2D eigenvalue weighted by Crippen LogP contribution is -2.36. The van der Waals surface area contributed by atoms with Gasteiger partial charge in [0.2, 0.25) is 10.0 Å². The second-order valence-electron chi connectivity index (χ2n) is 8.57. The van der Waals surface area contributed by atoms with E-state index >= 15 is 0 Å². The number of aromatic amines is 1. The largest absolute Gasteiger partial charge is 0.347 e. The summed E-state index contributed by atoms with van der Waals surface area (Å²) in [7, 11) is -2.07. The zero-order valence-corrected chi connectivity index (χ0v) is 20.1. The second-order valence-corrected chi connectivity index (χ2v) is 10.5. The second kappa shape index (κ2) is 8.37. The van der Waals surface area contributed by atoms with E-state index in [0.717, 1.165) is 33.4 Å². The van der Waals surface area contributed by atoms with Crippen LogP contribution in [0, 0.1) is 13.8 Å². The molecule has 176 valence electrons. The minimum absolute atomic E-state index is 0.152. The average Bonchev–Trinajstić information content (AvgIpc) is 3.37. The molecule has 1 aliphatic rings. The molecule has 0 bridgehead atoms. The van der Waals surface area contributed by atoms with Gasteiger partial charge in [0.15, 0.2) is 0 Å². The highest BCUT2D eigenvalue weighted by Crippen LogP contribution is 2.29. The Morgan fingerprint density at radius 3 is 2.85 bits per heavy atom. The number of aromatic nitrogens is 4. The Morgan fingerprint density at radius 2 is 2.03 bits per heavy atom. The molecule has 2 N–H and O–H groups in total. The van der Waals surface area contributed by atoms with Gasteiger partial charge >= 0.3 is 0 Å². The minimum atomic E-state index is -3.78. The molecular formula is C24H26N6O3S. The summed E-state index contributed by atoms with van der Waals surface area (Å²) in [6.45, 7) is 4.54. The van der Waals surface area contributed by atoms with E-state index in [4.69, 9.17) is 0 Å². The van der Waals surface area contributed by atoms with Gasteiger partial charge in [-0.1, -0.05) is 18.2 Å². The Morgan fingerprint density at radius 1 is 1.21 bits per heavy atom. The maximum Gasteiger partial charge on any atom is 0.268 e. The van der Waals surface area contributed by atoms with Crippen LogP contribution in [0.15, 0.2) is 47.5 Å². The number of H-pyrrole nitrogens is 1. The molecule has 34 heavy (non-hydrogen) atoms. The van der Waals surface area contributed by atoms with Gasteiger partial charge in [-0.05, 0) is 37.6 Å². The topological polar surface area (TPSA) is 113 Å². The Kier molecular flexibility index (Phi) is 5.49. The van der Waals surface area contributed by atoms with Crippen LogP contribution in [-0.4, -0.2) is 44.9 Å². The molecular weight excluding hydrogens is 452 g/mol. The van der Waals surface area contributed by atoms with E-state index in [-0.39, 0.29) is 17.3 Å². The molecule has 0 fully saturated rings. The fraction of sp³-hybridized carbons (Fsp3) is 0.292. The number of pyridine rings is 1. The molecule has 9 nitrogen and oxygen atoms in total. The monoisotopic (exact) mass is 478 g/mol. The molecule has 5 rings (SSSR count). The SMILES string of the molecule is Cc1[nH]nc2c1CN(S(=O)(=O)c1cc(C(=O)NCc3cccc4ncccc34)n(C)c1C)CC2. The van der Waals surface area contributed by atoms with Crippen LogP contribution in [0.4, 0.5) is 0 Å². The van der Waals surface area contributed by atoms with E-state index in [1.807, 2.05) is 37.3 Å². The molecule has 4 heterocycles. The van der Waals surface area contributed by atoms with Gasteiger partial charge in [-0.2, -0.15) is 9.40 Å². The lowest BCUT2D eigenvalue weighted by Gasteiger charge is -2.26. The molecule has 1 aromatic carbocycles. The number of aryl methyl sites for hydroxylation is 1. The van der Waals surface area contributed by atoms with Gasteiger partial charge in [0.25, 0.3) is 5.91 Å². The van der Waals surface area contributed by atoms with Crippen LogP contribution in [0.3, 0.4) is 0 Å².